The minimum absolute atomic E-state index is 0.159. The van der Waals surface area contributed by atoms with E-state index in [0.717, 1.165) is 5.56 Å². The summed E-state index contributed by atoms with van der Waals surface area (Å²) in [4.78, 5) is 13.5. The molecule has 6 nitrogen and oxygen atoms in total. The SMILES string of the molecule is COc1cccc(COC(C)C(=O)NCC(N2CCNCC2)C(F)(F)F)c1. The number of hydrogen-bond acceptors (Lipinski definition) is 5. The van der Waals surface area contributed by atoms with E-state index in [1.807, 2.05) is 6.07 Å². The van der Waals surface area contributed by atoms with E-state index in [0.29, 0.717) is 31.9 Å². The highest BCUT2D eigenvalue weighted by Gasteiger charge is 2.43. The molecule has 2 atom stereocenters. The van der Waals surface area contributed by atoms with Crippen molar-refractivity contribution >= 4 is 5.91 Å². The molecule has 9 heteroatoms. The van der Waals surface area contributed by atoms with Gasteiger partial charge < -0.3 is 20.1 Å². The van der Waals surface area contributed by atoms with Crippen molar-refractivity contribution in [1.29, 1.82) is 0 Å². The molecule has 0 radical (unpaired) electrons. The van der Waals surface area contributed by atoms with E-state index in [1.54, 1.807) is 25.3 Å². The first-order valence-electron chi connectivity index (χ1n) is 8.85. The lowest BCUT2D eigenvalue weighted by atomic mass is 10.2. The number of carbonyl (C=O) groups excluding carboxylic acids is 1. The summed E-state index contributed by atoms with van der Waals surface area (Å²) in [6, 6.07) is 5.47. The van der Waals surface area contributed by atoms with Crippen LogP contribution in [-0.2, 0) is 16.1 Å². The number of nitrogens with zero attached hydrogens (tertiary/aromatic N) is 1. The number of benzene rings is 1. The zero-order valence-electron chi connectivity index (χ0n) is 15.5. The molecule has 0 aromatic heterocycles. The molecule has 2 unspecified atom stereocenters. The van der Waals surface area contributed by atoms with Crippen LogP contribution in [-0.4, -0.2) is 69.0 Å². The first-order valence-corrected chi connectivity index (χ1v) is 8.85. The summed E-state index contributed by atoms with van der Waals surface area (Å²) in [6.45, 7) is 2.77. The summed E-state index contributed by atoms with van der Waals surface area (Å²) in [5.41, 5.74) is 0.808. The van der Waals surface area contributed by atoms with Crippen molar-refractivity contribution in [3.8, 4) is 5.75 Å². The third kappa shape index (κ3) is 6.67. The van der Waals surface area contributed by atoms with E-state index < -0.39 is 30.8 Å². The van der Waals surface area contributed by atoms with Crippen molar-refractivity contribution in [2.75, 3.05) is 39.8 Å². The van der Waals surface area contributed by atoms with Crippen LogP contribution in [0, 0.1) is 0 Å². The highest BCUT2D eigenvalue weighted by Crippen LogP contribution is 2.24. The molecule has 1 aromatic carbocycles. The van der Waals surface area contributed by atoms with Crippen molar-refractivity contribution < 1.29 is 27.4 Å². The lowest BCUT2D eigenvalue weighted by Gasteiger charge is -2.36. The van der Waals surface area contributed by atoms with Gasteiger partial charge in [0.05, 0.1) is 13.7 Å². The molecule has 0 aliphatic carbocycles. The zero-order chi connectivity index (χ0) is 19.9. The minimum atomic E-state index is -4.41. The maximum atomic E-state index is 13.3. The molecule has 1 heterocycles. The van der Waals surface area contributed by atoms with Gasteiger partial charge in [-0.25, -0.2) is 0 Å². The van der Waals surface area contributed by atoms with Gasteiger partial charge in [0.1, 0.15) is 17.9 Å². The quantitative estimate of drug-likeness (QED) is 0.707. The average Bonchev–Trinajstić information content (AvgIpc) is 2.66. The number of piperazine rings is 1. The molecule has 0 spiro atoms. The number of alkyl halides is 3. The van der Waals surface area contributed by atoms with Gasteiger partial charge in [0.2, 0.25) is 5.91 Å². The van der Waals surface area contributed by atoms with Crippen LogP contribution in [0.15, 0.2) is 24.3 Å². The van der Waals surface area contributed by atoms with E-state index in [1.165, 1.54) is 11.8 Å². The van der Waals surface area contributed by atoms with E-state index in [9.17, 15) is 18.0 Å². The minimum Gasteiger partial charge on any atom is -0.497 e. The van der Waals surface area contributed by atoms with Gasteiger partial charge >= 0.3 is 6.18 Å². The summed E-state index contributed by atoms with van der Waals surface area (Å²) in [6.07, 6.45) is -5.27. The van der Waals surface area contributed by atoms with Crippen LogP contribution >= 0.6 is 0 Å². The summed E-state index contributed by atoms with van der Waals surface area (Å²) in [5.74, 6) is 0.0968. The van der Waals surface area contributed by atoms with Crippen LogP contribution < -0.4 is 15.4 Å². The number of nitrogens with one attached hydrogen (secondary N) is 2. The first-order chi connectivity index (χ1) is 12.8. The Morgan fingerprint density at radius 1 is 1.33 bits per heavy atom. The predicted octanol–water partition coefficient (Wildman–Crippen LogP) is 1.55. The average molecular weight is 389 g/mol. The highest BCUT2D eigenvalue weighted by atomic mass is 19.4. The molecule has 1 aliphatic heterocycles. The van der Waals surface area contributed by atoms with Crippen LogP contribution in [0.1, 0.15) is 12.5 Å². The predicted molar refractivity (Wildman–Crippen MR) is 94.5 cm³/mol. The molecule has 152 valence electrons. The number of hydrogen-bond donors (Lipinski definition) is 2. The van der Waals surface area contributed by atoms with Crippen LogP contribution in [0.25, 0.3) is 0 Å². The number of amides is 1. The van der Waals surface area contributed by atoms with Crippen LogP contribution in [0.2, 0.25) is 0 Å². The summed E-state index contributed by atoms with van der Waals surface area (Å²) < 4.78 is 50.6. The molecule has 1 saturated heterocycles. The molecule has 2 N–H and O–H groups in total. The van der Waals surface area contributed by atoms with Gasteiger partial charge in [-0.1, -0.05) is 12.1 Å². The van der Waals surface area contributed by atoms with Crippen LogP contribution in [0.4, 0.5) is 13.2 Å². The van der Waals surface area contributed by atoms with Gasteiger partial charge in [0, 0.05) is 32.7 Å². The third-order valence-corrected chi connectivity index (χ3v) is 4.44. The molecule has 1 fully saturated rings. The molecule has 1 amide bonds. The number of rotatable bonds is 8. The maximum absolute atomic E-state index is 13.3. The highest BCUT2D eigenvalue weighted by molar-refractivity contribution is 5.80. The summed E-state index contributed by atoms with van der Waals surface area (Å²) in [7, 11) is 1.55. The van der Waals surface area contributed by atoms with Crippen molar-refractivity contribution in [2.24, 2.45) is 0 Å². The lowest BCUT2D eigenvalue weighted by Crippen LogP contribution is -2.58. The Bertz CT molecular complexity index is 607. The van der Waals surface area contributed by atoms with Gasteiger partial charge in [-0.3, -0.25) is 9.69 Å². The zero-order valence-corrected chi connectivity index (χ0v) is 15.5. The summed E-state index contributed by atoms with van der Waals surface area (Å²) in [5, 5.41) is 5.39. The van der Waals surface area contributed by atoms with Gasteiger partial charge in [0.15, 0.2) is 0 Å². The molecule has 0 bridgehead atoms. The Kier molecular flexibility index (Phi) is 7.88. The molecular formula is C18H26F3N3O3. The lowest BCUT2D eigenvalue weighted by molar-refractivity contribution is -0.184. The van der Waals surface area contributed by atoms with Gasteiger partial charge in [-0.15, -0.1) is 0 Å². The van der Waals surface area contributed by atoms with Gasteiger partial charge in [-0.05, 0) is 24.6 Å². The fourth-order valence-corrected chi connectivity index (χ4v) is 2.85. The van der Waals surface area contributed by atoms with Gasteiger partial charge in [0.25, 0.3) is 0 Å². The second kappa shape index (κ2) is 9.91. The Hall–Kier alpha value is -1.84. The smallest absolute Gasteiger partial charge is 0.405 e. The Balaban J connectivity index is 1.84. The normalized spacial score (nSPS) is 18.0. The van der Waals surface area contributed by atoms with E-state index in [2.05, 4.69) is 10.6 Å². The third-order valence-electron chi connectivity index (χ3n) is 4.44. The van der Waals surface area contributed by atoms with Crippen molar-refractivity contribution in [2.45, 2.75) is 31.9 Å². The first kappa shape index (κ1) is 21.5. The number of methoxy groups -OCH3 is 1. The molecule has 2 rings (SSSR count). The van der Waals surface area contributed by atoms with E-state index in [-0.39, 0.29) is 6.61 Å². The van der Waals surface area contributed by atoms with Crippen molar-refractivity contribution in [1.82, 2.24) is 15.5 Å². The Morgan fingerprint density at radius 3 is 2.67 bits per heavy atom. The van der Waals surface area contributed by atoms with Crippen molar-refractivity contribution in [3.63, 3.8) is 0 Å². The van der Waals surface area contributed by atoms with E-state index >= 15 is 0 Å². The number of ether oxygens (including phenoxy) is 2. The molecular weight excluding hydrogens is 363 g/mol. The summed E-state index contributed by atoms with van der Waals surface area (Å²) >= 11 is 0. The maximum Gasteiger partial charge on any atom is 0.405 e. The largest absolute Gasteiger partial charge is 0.497 e. The number of carbonyl (C=O) groups is 1. The van der Waals surface area contributed by atoms with Gasteiger partial charge in [-0.2, -0.15) is 13.2 Å². The molecule has 0 saturated carbocycles. The molecule has 1 aliphatic rings. The topological polar surface area (TPSA) is 62.8 Å². The molecule has 27 heavy (non-hydrogen) atoms. The second-order valence-electron chi connectivity index (χ2n) is 6.39. The Labute approximate surface area is 157 Å². The van der Waals surface area contributed by atoms with Crippen LogP contribution in [0.3, 0.4) is 0 Å². The monoisotopic (exact) mass is 389 g/mol. The second-order valence-corrected chi connectivity index (χ2v) is 6.39. The van der Waals surface area contributed by atoms with E-state index in [4.69, 9.17) is 9.47 Å². The number of halogens is 3. The fraction of sp³-hybridized carbons (Fsp3) is 0.611. The Morgan fingerprint density at radius 2 is 2.04 bits per heavy atom. The molecule has 1 aromatic rings. The fourth-order valence-electron chi connectivity index (χ4n) is 2.85. The van der Waals surface area contributed by atoms with Crippen molar-refractivity contribution in [3.05, 3.63) is 29.8 Å². The standard InChI is InChI=1S/C18H26F3N3O3/c1-13(27-12-14-4-3-5-15(10-14)26-2)17(25)23-11-16(18(19,20)21)24-8-6-22-7-9-24/h3-5,10,13,16,22H,6-9,11-12H2,1-2H3,(H,23,25). The van der Waals surface area contributed by atoms with Crippen LogP contribution in [0.5, 0.6) is 5.75 Å².